The molecule has 0 atom stereocenters. The first-order valence-electron chi connectivity index (χ1n) is 11.7. The molecule has 0 bridgehead atoms. The second kappa shape index (κ2) is 8.02. The number of hydrogen-bond acceptors (Lipinski definition) is 2. The van der Waals surface area contributed by atoms with Crippen LogP contribution in [0.25, 0.3) is 21.8 Å². The molecule has 3 aromatic rings. The number of rotatable bonds is 4. The van der Waals surface area contributed by atoms with Crippen molar-refractivity contribution in [3.63, 3.8) is 0 Å². The van der Waals surface area contributed by atoms with Crippen LogP contribution in [0.1, 0.15) is 84.9 Å². The summed E-state index contributed by atoms with van der Waals surface area (Å²) in [6.07, 6.45) is 10.9. The number of aryl methyl sites for hydroxylation is 1. The molecule has 0 radical (unpaired) electrons. The molecular weight excluding hydrogens is 370 g/mol. The molecule has 5 rings (SSSR count). The van der Waals surface area contributed by atoms with Crippen LogP contribution in [-0.4, -0.2) is 16.1 Å². The third-order valence-corrected chi connectivity index (χ3v) is 7.50. The maximum absolute atomic E-state index is 13.7. The molecule has 156 valence electrons. The Kier molecular flexibility index (Phi) is 5.22. The highest BCUT2D eigenvalue weighted by molar-refractivity contribution is 6.19. The molecule has 0 unspecified atom stereocenters. The number of carbonyl (C=O) groups is 2. The van der Waals surface area contributed by atoms with Crippen LogP contribution in [0.2, 0.25) is 0 Å². The van der Waals surface area contributed by atoms with E-state index in [9.17, 15) is 9.59 Å². The minimum atomic E-state index is 0.0972. The van der Waals surface area contributed by atoms with Gasteiger partial charge in [0.25, 0.3) is 0 Å². The molecule has 1 heterocycles. The summed E-state index contributed by atoms with van der Waals surface area (Å²) in [5.74, 6) is 0.690. The van der Waals surface area contributed by atoms with E-state index in [-0.39, 0.29) is 23.4 Å². The Morgan fingerprint density at radius 2 is 1.37 bits per heavy atom. The van der Waals surface area contributed by atoms with Gasteiger partial charge in [-0.05, 0) is 43.9 Å². The third-order valence-electron chi connectivity index (χ3n) is 7.50. The highest BCUT2D eigenvalue weighted by atomic mass is 16.1. The molecule has 2 fully saturated rings. The molecule has 0 saturated heterocycles. The van der Waals surface area contributed by atoms with E-state index in [1.807, 2.05) is 25.2 Å². The van der Waals surface area contributed by atoms with Gasteiger partial charge < -0.3 is 4.57 Å². The summed E-state index contributed by atoms with van der Waals surface area (Å²) in [5.41, 5.74) is 3.61. The first kappa shape index (κ1) is 19.5. The molecule has 2 aliphatic rings. The molecule has 2 saturated carbocycles. The number of Topliss-reactive ketones (excluding diaryl/α,β-unsaturated/α-hetero) is 2. The summed E-state index contributed by atoms with van der Waals surface area (Å²) < 4.78 is 2.15. The molecule has 0 spiro atoms. The molecule has 0 amide bonds. The Labute approximate surface area is 178 Å². The highest BCUT2D eigenvalue weighted by Crippen LogP contribution is 2.36. The summed E-state index contributed by atoms with van der Waals surface area (Å²) >= 11 is 0. The monoisotopic (exact) mass is 401 g/mol. The molecule has 3 nitrogen and oxygen atoms in total. The fraction of sp³-hybridized carbons (Fsp3) is 0.481. The van der Waals surface area contributed by atoms with E-state index in [0.717, 1.165) is 84.3 Å². The lowest BCUT2D eigenvalue weighted by Crippen LogP contribution is -2.21. The lowest BCUT2D eigenvalue weighted by molar-refractivity contribution is 0.0889. The van der Waals surface area contributed by atoms with Crippen molar-refractivity contribution in [1.82, 2.24) is 4.57 Å². The Balaban J connectivity index is 1.69. The molecule has 3 heteroatoms. The summed E-state index contributed by atoms with van der Waals surface area (Å²) in [7, 11) is 2.05. The third kappa shape index (κ3) is 3.29. The van der Waals surface area contributed by atoms with Crippen molar-refractivity contribution >= 4 is 33.4 Å². The zero-order valence-corrected chi connectivity index (χ0v) is 18.0. The van der Waals surface area contributed by atoms with E-state index in [0.29, 0.717) is 0 Å². The van der Waals surface area contributed by atoms with Crippen LogP contribution in [0.3, 0.4) is 0 Å². The van der Waals surface area contributed by atoms with Crippen LogP contribution in [0, 0.1) is 11.8 Å². The topological polar surface area (TPSA) is 39.1 Å². The van der Waals surface area contributed by atoms with Gasteiger partial charge in [0.1, 0.15) is 0 Å². The average molecular weight is 402 g/mol. The van der Waals surface area contributed by atoms with Gasteiger partial charge in [-0.25, -0.2) is 0 Å². The van der Waals surface area contributed by atoms with Crippen LogP contribution in [0.4, 0.5) is 0 Å². The predicted molar refractivity (Wildman–Crippen MR) is 122 cm³/mol. The van der Waals surface area contributed by atoms with Gasteiger partial charge in [0, 0.05) is 46.3 Å². The van der Waals surface area contributed by atoms with E-state index in [4.69, 9.17) is 0 Å². The molecule has 0 N–H and O–H groups in total. The molecule has 2 aliphatic carbocycles. The number of aromatic nitrogens is 1. The Morgan fingerprint density at radius 1 is 0.767 bits per heavy atom. The zero-order valence-electron chi connectivity index (χ0n) is 18.0. The minimum absolute atomic E-state index is 0.0972. The quantitative estimate of drug-likeness (QED) is 0.448. The van der Waals surface area contributed by atoms with Crippen molar-refractivity contribution in [3.8, 4) is 0 Å². The van der Waals surface area contributed by atoms with Crippen molar-refractivity contribution in [2.24, 2.45) is 18.9 Å². The number of benzene rings is 2. The van der Waals surface area contributed by atoms with Crippen molar-refractivity contribution < 1.29 is 9.59 Å². The number of para-hydroxylation sites is 1. The van der Waals surface area contributed by atoms with E-state index in [2.05, 4.69) is 22.8 Å². The normalized spacial score (nSPS) is 18.8. The standard InChI is InChI=1S/C27H31NO2/c1-28-24-15-9-8-14-21(24)22-16-20(26(29)18-10-4-2-5-11-18)17-23(25(22)28)27(30)19-12-6-3-7-13-19/h8-9,14-19H,2-7,10-13H2,1H3. The van der Waals surface area contributed by atoms with E-state index < -0.39 is 0 Å². The fourth-order valence-corrected chi connectivity index (χ4v) is 5.83. The van der Waals surface area contributed by atoms with E-state index in [1.54, 1.807) is 0 Å². The van der Waals surface area contributed by atoms with Crippen molar-refractivity contribution in [2.75, 3.05) is 0 Å². The van der Waals surface area contributed by atoms with Gasteiger partial charge in [0.2, 0.25) is 0 Å². The second-order valence-corrected chi connectivity index (χ2v) is 9.39. The smallest absolute Gasteiger partial charge is 0.168 e. The van der Waals surface area contributed by atoms with Crippen LogP contribution in [-0.2, 0) is 7.05 Å². The van der Waals surface area contributed by atoms with E-state index in [1.165, 1.54) is 12.8 Å². The van der Waals surface area contributed by atoms with Gasteiger partial charge in [0.15, 0.2) is 11.6 Å². The molecule has 1 aromatic heterocycles. The van der Waals surface area contributed by atoms with Gasteiger partial charge in [-0.3, -0.25) is 9.59 Å². The van der Waals surface area contributed by atoms with Crippen LogP contribution < -0.4 is 0 Å². The molecule has 0 aliphatic heterocycles. The van der Waals surface area contributed by atoms with Gasteiger partial charge in [-0.2, -0.15) is 0 Å². The number of carbonyl (C=O) groups excluding carboxylic acids is 2. The molecule has 30 heavy (non-hydrogen) atoms. The Bertz CT molecular complexity index is 1110. The Morgan fingerprint density at radius 3 is 2.03 bits per heavy atom. The average Bonchev–Trinajstić information content (AvgIpc) is 3.11. The zero-order chi connectivity index (χ0) is 20.7. The van der Waals surface area contributed by atoms with Gasteiger partial charge in [-0.1, -0.05) is 56.7 Å². The lowest BCUT2D eigenvalue weighted by Gasteiger charge is -2.23. The minimum Gasteiger partial charge on any atom is -0.343 e. The Hall–Kier alpha value is -2.42. The fourth-order valence-electron chi connectivity index (χ4n) is 5.83. The first-order valence-corrected chi connectivity index (χ1v) is 11.7. The number of fused-ring (bicyclic) bond motifs is 3. The maximum Gasteiger partial charge on any atom is 0.168 e. The van der Waals surface area contributed by atoms with E-state index >= 15 is 0 Å². The summed E-state index contributed by atoms with van der Waals surface area (Å²) in [6, 6.07) is 12.3. The summed E-state index contributed by atoms with van der Waals surface area (Å²) in [4.78, 5) is 27.1. The maximum atomic E-state index is 13.7. The SMILES string of the molecule is Cn1c2ccccc2c2cc(C(=O)C3CCCCC3)cc(C(=O)C3CCCCC3)c21. The molecule has 2 aromatic carbocycles. The highest BCUT2D eigenvalue weighted by Gasteiger charge is 2.29. The van der Waals surface area contributed by atoms with Crippen molar-refractivity contribution in [3.05, 3.63) is 47.5 Å². The second-order valence-electron chi connectivity index (χ2n) is 9.39. The van der Waals surface area contributed by atoms with Crippen molar-refractivity contribution in [1.29, 1.82) is 0 Å². The lowest BCUT2D eigenvalue weighted by atomic mass is 9.81. The first-order chi connectivity index (χ1) is 14.6. The van der Waals surface area contributed by atoms with Crippen LogP contribution in [0.5, 0.6) is 0 Å². The number of ketones is 2. The summed E-state index contributed by atoms with van der Waals surface area (Å²) in [6.45, 7) is 0. The van der Waals surface area contributed by atoms with Gasteiger partial charge in [0.05, 0.1) is 5.52 Å². The predicted octanol–water partition coefficient (Wildman–Crippen LogP) is 6.86. The molecular formula is C27H31NO2. The van der Waals surface area contributed by atoms with Crippen LogP contribution >= 0.6 is 0 Å². The van der Waals surface area contributed by atoms with Crippen molar-refractivity contribution in [2.45, 2.75) is 64.2 Å². The van der Waals surface area contributed by atoms with Gasteiger partial charge >= 0.3 is 0 Å². The summed E-state index contributed by atoms with van der Waals surface area (Å²) in [5, 5.41) is 2.18. The number of hydrogen-bond donors (Lipinski definition) is 0. The van der Waals surface area contributed by atoms with Crippen LogP contribution in [0.15, 0.2) is 36.4 Å². The largest absolute Gasteiger partial charge is 0.343 e. The van der Waals surface area contributed by atoms with Gasteiger partial charge in [-0.15, -0.1) is 0 Å². The number of nitrogens with zero attached hydrogens (tertiary/aromatic N) is 1.